The van der Waals surface area contributed by atoms with Crippen LogP contribution in [0.4, 0.5) is 0 Å². The van der Waals surface area contributed by atoms with Crippen LogP contribution in [-0.4, -0.2) is 5.11 Å². The van der Waals surface area contributed by atoms with E-state index in [-0.39, 0.29) is 5.75 Å². The summed E-state index contributed by atoms with van der Waals surface area (Å²) in [5.74, 6) is 0.395. The molecule has 15 heavy (non-hydrogen) atoms. The van der Waals surface area contributed by atoms with Gasteiger partial charge in [0.05, 0.1) is 0 Å². The van der Waals surface area contributed by atoms with E-state index in [0.29, 0.717) is 10.2 Å². The molecule has 0 heterocycles. The zero-order valence-corrected chi connectivity index (χ0v) is 9.15. The number of hydrogen-bond donors (Lipinski definition) is 1. The Morgan fingerprint density at radius 1 is 1.33 bits per heavy atom. The average Bonchev–Trinajstić information content (AvgIpc) is 2.26. The maximum atomic E-state index is 9.83. The Bertz CT molecular complexity index is 560. The Morgan fingerprint density at radius 3 is 2.80 bits per heavy atom. The van der Waals surface area contributed by atoms with Crippen LogP contribution in [0.3, 0.4) is 0 Å². The van der Waals surface area contributed by atoms with Gasteiger partial charge in [-0.05, 0) is 27.4 Å². The highest BCUT2D eigenvalue weighted by Gasteiger charge is 2.11. The van der Waals surface area contributed by atoms with E-state index in [1.54, 1.807) is 18.4 Å². The van der Waals surface area contributed by atoms with E-state index in [4.69, 9.17) is 10.00 Å². The first-order valence-corrected chi connectivity index (χ1v) is 4.99. The van der Waals surface area contributed by atoms with Gasteiger partial charge in [-0.1, -0.05) is 24.3 Å². The molecular formula is C11H6BrNO2. The highest BCUT2D eigenvalue weighted by Crippen LogP contribution is 2.39. The van der Waals surface area contributed by atoms with Crippen LogP contribution < -0.4 is 4.74 Å². The van der Waals surface area contributed by atoms with E-state index in [1.165, 1.54) is 0 Å². The van der Waals surface area contributed by atoms with Crippen LogP contribution in [0.2, 0.25) is 0 Å². The molecule has 0 fully saturated rings. The summed E-state index contributed by atoms with van der Waals surface area (Å²) < 4.78 is 5.12. The smallest absolute Gasteiger partial charge is 0.292 e. The Morgan fingerprint density at radius 2 is 2.07 bits per heavy atom. The summed E-state index contributed by atoms with van der Waals surface area (Å²) in [6.45, 7) is 0. The first-order valence-electron chi connectivity index (χ1n) is 4.20. The number of benzene rings is 2. The first kappa shape index (κ1) is 9.81. The molecule has 4 heteroatoms. The quantitative estimate of drug-likeness (QED) is 0.805. The minimum Gasteiger partial charge on any atom is -0.506 e. The lowest BCUT2D eigenvalue weighted by Crippen LogP contribution is -1.85. The van der Waals surface area contributed by atoms with E-state index in [9.17, 15) is 5.11 Å². The van der Waals surface area contributed by atoms with Crippen LogP contribution in [0.25, 0.3) is 10.8 Å². The van der Waals surface area contributed by atoms with E-state index >= 15 is 0 Å². The number of phenolic OH excluding ortho intramolecular Hbond substituents is 1. The number of ether oxygens (including phenoxy) is 1. The van der Waals surface area contributed by atoms with Gasteiger partial charge in [0.1, 0.15) is 10.2 Å². The molecule has 0 aliphatic carbocycles. The van der Waals surface area contributed by atoms with E-state index in [0.717, 1.165) is 10.8 Å². The van der Waals surface area contributed by atoms with Crippen LogP contribution in [0.5, 0.6) is 11.5 Å². The van der Waals surface area contributed by atoms with Crippen molar-refractivity contribution in [1.82, 2.24) is 0 Å². The minimum atomic E-state index is 0.0818. The highest BCUT2D eigenvalue weighted by atomic mass is 79.9. The van der Waals surface area contributed by atoms with Crippen LogP contribution in [0.15, 0.2) is 34.8 Å². The van der Waals surface area contributed by atoms with Crippen molar-refractivity contribution < 1.29 is 9.84 Å². The molecule has 74 valence electrons. The third-order valence-electron chi connectivity index (χ3n) is 2.08. The monoisotopic (exact) mass is 263 g/mol. The van der Waals surface area contributed by atoms with Crippen molar-refractivity contribution in [2.45, 2.75) is 0 Å². The molecule has 0 amide bonds. The second kappa shape index (κ2) is 3.79. The maximum absolute atomic E-state index is 9.83. The van der Waals surface area contributed by atoms with Crippen molar-refractivity contribution in [3.05, 3.63) is 34.8 Å². The van der Waals surface area contributed by atoms with Crippen LogP contribution >= 0.6 is 15.9 Å². The van der Waals surface area contributed by atoms with Crippen molar-refractivity contribution >= 4 is 26.7 Å². The van der Waals surface area contributed by atoms with Gasteiger partial charge in [0.25, 0.3) is 6.26 Å². The van der Waals surface area contributed by atoms with Crippen molar-refractivity contribution in [3.63, 3.8) is 0 Å². The number of phenols is 1. The molecule has 2 rings (SSSR count). The predicted octanol–water partition coefficient (Wildman–Crippen LogP) is 3.17. The van der Waals surface area contributed by atoms with Crippen molar-refractivity contribution in [1.29, 1.82) is 5.26 Å². The lowest BCUT2D eigenvalue weighted by atomic mass is 10.1. The molecule has 2 aromatic carbocycles. The standard InChI is InChI=1S/C11H6BrNO2/c12-10-9(15-6-13)5-7-3-1-2-4-8(7)11(10)14/h1-5,14H. The predicted molar refractivity (Wildman–Crippen MR) is 59.6 cm³/mol. The highest BCUT2D eigenvalue weighted by molar-refractivity contribution is 9.10. The first-order chi connectivity index (χ1) is 7.24. The fourth-order valence-electron chi connectivity index (χ4n) is 1.40. The van der Waals surface area contributed by atoms with Crippen LogP contribution in [-0.2, 0) is 0 Å². The fraction of sp³-hybridized carbons (Fsp3) is 0. The van der Waals surface area contributed by atoms with Gasteiger partial charge in [-0.25, -0.2) is 0 Å². The molecule has 0 atom stereocenters. The number of hydrogen-bond acceptors (Lipinski definition) is 3. The van der Waals surface area contributed by atoms with Crippen LogP contribution in [0, 0.1) is 11.5 Å². The molecule has 2 aromatic rings. The summed E-state index contributed by atoms with van der Waals surface area (Å²) in [5.41, 5.74) is 0. The lowest BCUT2D eigenvalue weighted by molar-refractivity contribution is 0.463. The number of nitrogens with zero attached hydrogens (tertiary/aromatic N) is 1. The normalized spacial score (nSPS) is 9.87. The van der Waals surface area contributed by atoms with Gasteiger partial charge >= 0.3 is 0 Å². The van der Waals surface area contributed by atoms with Gasteiger partial charge in [-0.15, -0.1) is 5.26 Å². The number of rotatable bonds is 1. The summed E-state index contributed by atoms with van der Waals surface area (Å²) in [5, 5.41) is 19.8. The topological polar surface area (TPSA) is 53.2 Å². The van der Waals surface area contributed by atoms with Crippen molar-refractivity contribution in [3.8, 4) is 17.8 Å². The van der Waals surface area contributed by atoms with E-state index in [1.807, 2.05) is 18.2 Å². The third-order valence-corrected chi connectivity index (χ3v) is 2.85. The Hall–Kier alpha value is -1.73. The number of nitriles is 1. The maximum Gasteiger partial charge on any atom is 0.292 e. The van der Waals surface area contributed by atoms with E-state index < -0.39 is 0 Å². The van der Waals surface area contributed by atoms with Gasteiger partial charge in [0.2, 0.25) is 0 Å². The summed E-state index contributed by atoms with van der Waals surface area (Å²) >= 11 is 3.18. The summed E-state index contributed by atoms with van der Waals surface area (Å²) in [6, 6.07) is 9.02. The minimum absolute atomic E-state index is 0.0818. The summed E-state index contributed by atoms with van der Waals surface area (Å²) in [6.07, 6.45) is 1.58. The molecule has 0 aromatic heterocycles. The van der Waals surface area contributed by atoms with E-state index in [2.05, 4.69) is 15.9 Å². The molecule has 0 saturated carbocycles. The van der Waals surface area contributed by atoms with Gasteiger partial charge in [-0.3, -0.25) is 0 Å². The SMILES string of the molecule is N#COc1cc2ccccc2c(O)c1Br. The third kappa shape index (κ3) is 1.62. The van der Waals surface area contributed by atoms with Gasteiger partial charge in [0, 0.05) is 5.39 Å². The largest absolute Gasteiger partial charge is 0.506 e. The fourth-order valence-corrected chi connectivity index (χ4v) is 1.81. The van der Waals surface area contributed by atoms with Gasteiger partial charge in [0.15, 0.2) is 5.75 Å². The summed E-state index contributed by atoms with van der Waals surface area (Å²) in [4.78, 5) is 0. The van der Waals surface area contributed by atoms with Gasteiger partial charge in [-0.2, -0.15) is 0 Å². The second-order valence-electron chi connectivity index (χ2n) is 2.95. The molecular weight excluding hydrogens is 258 g/mol. The zero-order chi connectivity index (χ0) is 10.8. The molecule has 0 bridgehead atoms. The molecule has 0 aliphatic rings. The molecule has 0 unspecified atom stereocenters. The van der Waals surface area contributed by atoms with Crippen molar-refractivity contribution in [2.24, 2.45) is 0 Å². The molecule has 1 N–H and O–H groups in total. The second-order valence-corrected chi connectivity index (χ2v) is 3.74. The molecule has 0 aliphatic heterocycles. The zero-order valence-electron chi connectivity index (χ0n) is 7.57. The number of fused-ring (bicyclic) bond motifs is 1. The number of aromatic hydroxyl groups is 1. The molecule has 3 nitrogen and oxygen atoms in total. The van der Waals surface area contributed by atoms with Gasteiger partial charge < -0.3 is 9.84 Å². The molecule has 0 saturated heterocycles. The lowest BCUT2D eigenvalue weighted by Gasteiger charge is -2.06. The Labute approximate surface area is 94.6 Å². The molecule has 0 spiro atoms. The summed E-state index contributed by atoms with van der Waals surface area (Å²) in [7, 11) is 0. The Balaban J connectivity index is 2.78. The van der Waals surface area contributed by atoms with Crippen molar-refractivity contribution in [2.75, 3.05) is 0 Å². The molecule has 0 radical (unpaired) electrons. The number of halogens is 1. The average molecular weight is 264 g/mol. The Kier molecular flexibility index (Phi) is 2.48. The van der Waals surface area contributed by atoms with Crippen LogP contribution in [0.1, 0.15) is 0 Å².